The molecule has 0 rings (SSSR count). The Kier molecular flexibility index (Phi) is 31.4. The number of amides is 1. The lowest BCUT2D eigenvalue weighted by molar-refractivity contribution is -0.118. The Morgan fingerprint density at radius 1 is 0.677 bits per heavy atom. The lowest BCUT2D eigenvalue weighted by atomic mass is 10.1. The first kappa shape index (κ1) is 31.7. The lowest BCUT2D eigenvalue weighted by Gasteiger charge is -2.00. The summed E-state index contributed by atoms with van der Waals surface area (Å²) in [6, 6.07) is 0. The van der Waals surface area contributed by atoms with Gasteiger partial charge >= 0.3 is 0 Å². The molecule has 0 fully saturated rings. The van der Waals surface area contributed by atoms with E-state index in [-0.39, 0.29) is 12.5 Å². The molecule has 0 aliphatic heterocycles. The van der Waals surface area contributed by atoms with Crippen molar-refractivity contribution in [3.05, 3.63) is 0 Å². The fraction of sp³-hybridized carbons (Fsp3) is 0.815. The number of primary amides is 1. The van der Waals surface area contributed by atoms with E-state index in [1.807, 2.05) is 0 Å². The molecule has 0 aromatic heterocycles. The van der Waals surface area contributed by atoms with Crippen LogP contribution < -0.4 is 11.5 Å². The molecule has 31 heavy (non-hydrogen) atoms. The highest BCUT2D eigenvalue weighted by molar-refractivity contribution is 5.73. The predicted molar refractivity (Wildman–Crippen MR) is 134 cm³/mol. The molecule has 0 unspecified atom stereocenters. The van der Waals surface area contributed by atoms with Crippen LogP contribution in [0.1, 0.15) is 129 Å². The SMILES string of the molecule is CCCCCCCCCCCCC#CC#CCCCCCCCCC(N)=O.NCCO. The van der Waals surface area contributed by atoms with Gasteiger partial charge in [0.05, 0.1) is 6.61 Å². The van der Waals surface area contributed by atoms with Crippen LogP contribution in [-0.4, -0.2) is 24.2 Å². The summed E-state index contributed by atoms with van der Waals surface area (Å²) in [5.41, 5.74) is 9.89. The van der Waals surface area contributed by atoms with Crippen molar-refractivity contribution in [2.75, 3.05) is 13.2 Å². The first-order valence-electron chi connectivity index (χ1n) is 12.7. The molecule has 5 N–H and O–H groups in total. The second-order valence-electron chi connectivity index (χ2n) is 8.14. The van der Waals surface area contributed by atoms with Crippen LogP contribution in [0.15, 0.2) is 0 Å². The molecule has 4 nitrogen and oxygen atoms in total. The Hall–Kier alpha value is -1.49. The molecule has 0 aromatic carbocycles. The summed E-state index contributed by atoms with van der Waals surface area (Å²) >= 11 is 0. The summed E-state index contributed by atoms with van der Waals surface area (Å²) in [4.78, 5) is 10.6. The molecular formula is C27H50N2O2. The number of nitrogens with two attached hydrogens (primary N) is 2. The van der Waals surface area contributed by atoms with Gasteiger partial charge in [0.1, 0.15) is 0 Å². The molecule has 4 heteroatoms. The normalized spacial score (nSPS) is 9.65. The van der Waals surface area contributed by atoms with Gasteiger partial charge < -0.3 is 16.6 Å². The van der Waals surface area contributed by atoms with Gasteiger partial charge in [0.15, 0.2) is 0 Å². The zero-order chi connectivity index (χ0) is 23.3. The van der Waals surface area contributed by atoms with Gasteiger partial charge in [0.2, 0.25) is 5.91 Å². The van der Waals surface area contributed by atoms with Crippen molar-refractivity contribution in [2.45, 2.75) is 129 Å². The van der Waals surface area contributed by atoms with E-state index in [0.717, 1.165) is 32.1 Å². The second-order valence-corrected chi connectivity index (χ2v) is 8.14. The van der Waals surface area contributed by atoms with Gasteiger partial charge in [-0.3, -0.25) is 4.79 Å². The molecule has 0 bridgehead atoms. The van der Waals surface area contributed by atoms with Crippen LogP contribution in [0.25, 0.3) is 0 Å². The van der Waals surface area contributed by atoms with Crippen molar-refractivity contribution in [2.24, 2.45) is 11.5 Å². The molecule has 0 spiro atoms. The number of carbonyl (C=O) groups excluding carboxylic acids is 1. The van der Waals surface area contributed by atoms with Gasteiger partial charge in [0, 0.05) is 25.8 Å². The van der Waals surface area contributed by atoms with E-state index in [1.54, 1.807) is 0 Å². The van der Waals surface area contributed by atoms with E-state index in [4.69, 9.17) is 16.6 Å². The van der Waals surface area contributed by atoms with E-state index < -0.39 is 0 Å². The summed E-state index contributed by atoms with van der Waals surface area (Å²) in [6.07, 6.45) is 23.0. The molecule has 0 saturated heterocycles. The Morgan fingerprint density at radius 2 is 1.03 bits per heavy atom. The zero-order valence-corrected chi connectivity index (χ0v) is 20.4. The van der Waals surface area contributed by atoms with Gasteiger partial charge in [-0.15, -0.1) is 0 Å². The maximum atomic E-state index is 10.6. The van der Waals surface area contributed by atoms with E-state index in [9.17, 15) is 4.79 Å². The van der Waals surface area contributed by atoms with Gasteiger partial charge in [-0.2, -0.15) is 0 Å². The van der Waals surface area contributed by atoms with Crippen molar-refractivity contribution in [3.63, 3.8) is 0 Å². The third-order valence-electron chi connectivity index (χ3n) is 5.00. The van der Waals surface area contributed by atoms with Crippen LogP contribution in [-0.2, 0) is 4.79 Å². The molecule has 0 atom stereocenters. The van der Waals surface area contributed by atoms with Crippen molar-refractivity contribution in [1.29, 1.82) is 0 Å². The molecule has 0 heterocycles. The fourth-order valence-corrected chi connectivity index (χ4v) is 3.13. The van der Waals surface area contributed by atoms with Crippen LogP contribution in [0.2, 0.25) is 0 Å². The van der Waals surface area contributed by atoms with Crippen LogP contribution in [0.4, 0.5) is 0 Å². The number of aliphatic hydroxyl groups is 1. The maximum absolute atomic E-state index is 10.6. The minimum Gasteiger partial charge on any atom is -0.395 e. The maximum Gasteiger partial charge on any atom is 0.217 e. The van der Waals surface area contributed by atoms with E-state index in [1.165, 1.54) is 83.5 Å². The summed E-state index contributed by atoms with van der Waals surface area (Å²) in [7, 11) is 0. The topological polar surface area (TPSA) is 89.3 Å². The monoisotopic (exact) mass is 434 g/mol. The minimum atomic E-state index is -0.181. The molecule has 0 aliphatic rings. The smallest absolute Gasteiger partial charge is 0.217 e. The van der Waals surface area contributed by atoms with E-state index in [0.29, 0.717) is 13.0 Å². The van der Waals surface area contributed by atoms with Gasteiger partial charge in [-0.25, -0.2) is 0 Å². The summed E-state index contributed by atoms with van der Waals surface area (Å²) in [5.74, 6) is 12.1. The number of aliphatic hydroxyl groups excluding tert-OH is 1. The second kappa shape index (κ2) is 30.7. The highest BCUT2D eigenvalue weighted by Gasteiger charge is 1.94. The molecular weight excluding hydrogens is 384 g/mol. The molecule has 1 amide bonds. The predicted octanol–water partition coefficient (Wildman–Crippen LogP) is 5.85. The Labute approximate surface area is 193 Å². The van der Waals surface area contributed by atoms with Gasteiger partial charge in [0.25, 0.3) is 0 Å². The van der Waals surface area contributed by atoms with Crippen molar-refractivity contribution >= 4 is 5.91 Å². The highest BCUT2D eigenvalue weighted by Crippen LogP contribution is 2.11. The van der Waals surface area contributed by atoms with Crippen molar-refractivity contribution in [3.8, 4) is 23.7 Å². The van der Waals surface area contributed by atoms with Crippen LogP contribution >= 0.6 is 0 Å². The third kappa shape index (κ3) is 36.3. The van der Waals surface area contributed by atoms with Gasteiger partial charge in [-0.05, 0) is 31.1 Å². The van der Waals surface area contributed by atoms with Crippen molar-refractivity contribution in [1.82, 2.24) is 0 Å². The minimum absolute atomic E-state index is 0.0972. The standard InChI is InChI=1S/C25H43NO.C2H7NO/c1-2-3-4-5-6-7-8-9-10-11-12-13-14-15-16-17-18-19-20-21-22-23-24-25(26)27;3-1-2-4/h2-12,17-24H2,1H3,(H2,26,27);4H,1-3H2. The molecule has 0 radical (unpaired) electrons. The van der Waals surface area contributed by atoms with E-state index in [2.05, 4.69) is 30.6 Å². The number of hydrogen-bond acceptors (Lipinski definition) is 3. The summed E-state index contributed by atoms with van der Waals surface area (Å²) in [5, 5.41) is 7.75. The Morgan fingerprint density at radius 3 is 1.39 bits per heavy atom. The first-order valence-corrected chi connectivity index (χ1v) is 12.7. The fourth-order valence-electron chi connectivity index (χ4n) is 3.13. The highest BCUT2D eigenvalue weighted by atomic mass is 16.3. The van der Waals surface area contributed by atoms with Crippen LogP contribution in [0, 0.1) is 23.7 Å². The Balaban J connectivity index is 0. The number of hydrogen-bond donors (Lipinski definition) is 3. The zero-order valence-electron chi connectivity index (χ0n) is 20.4. The van der Waals surface area contributed by atoms with Crippen molar-refractivity contribution < 1.29 is 9.90 Å². The average molecular weight is 435 g/mol. The lowest BCUT2D eigenvalue weighted by Crippen LogP contribution is -2.09. The summed E-state index contributed by atoms with van der Waals surface area (Å²) in [6.45, 7) is 2.75. The quantitative estimate of drug-likeness (QED) is 0.176. The molecule has 0 aromatic rings. The molecule has 0 aliphatic carbocycles. The largest absolute Gasteiger partial charge is 0.395 e. The Bertz CT molecular complexity index is 481. The first-order chi connectivity index (χ1) is 15.2. The summed E-state index contributed by atoms with van der Waals surface area (Å²) < 4.78 is 0. The van der Waals surface area contributed by atoms with Gasteiger partial charge in [-0.1, -0.05) is 102 Å². The number of rotatable bonds is 19. The molecule has 0 saturated carbocycles. The van der Waals surface area contributed by atoms with E-state index >= 15 is 0 Å². The molecule has 180 valence electrons. The number of unbranched alkanes of at least 4 members (excludes halogenated alkanes) is 16. The number of carbonyl (C=O) groups is 1. The van der Waals surface area contributed by atoms with Crippen LogP contribution in [0.3, 0.4) is 0 Å². The van der Waals surface area contributed by atoms with Crippen LogP contribution in [0.5, 0.6) is 0 Å². The average Bonchev–Trinajstić information content (AvgIpc) is 2.77. The third-order valence-corrected chi connectivity index (χ3v) is 5.00.